The highest BCUT2D eigenvalue weighted by molar-refractivity contribution is 7.19. The molecule has 0 aliphatic rings. The van der Waals surface area contributed by atoms with Crippen LogP contribution in [0, 0.1) is 13.8 Å². The standard InChI is InChI=1S/C21H17N5OS2/c1-11-12(2)29-21-17(11)19(25-18(26-21)15-8-5-9-28-15)22-10-16-23-14-7-4-3-6-13(14)20(27)24-16/h3-9H,10H2,1-2H3,(H,22,25,26)(H,23,24,27). The molecule has 0 unspecified atom stereocenters. The molecular formula is C21H17N5OS2. The Bertz CT molecular complexity index is 1400. The van der Waals surface area contributed by atoms with Gasteiger partial charge in [0.25, 0.3) is 5.56 Å². The largest absolute Gasteiger partial charge is 0.362 e. The average molecular weight is 420 g/mol. The van der Waals surface area contributed by atoms with Crippen molar-refractivity contribution >= 4 is 49.6 Å². The van der Waals surface area contributed by atoms with Crippen LogP contribution >= 0.6 is 22.7 Å². The molecule has 5 rings (SSSR count). The Balaban J connectivity index is 1.57. The molecule has 4 aromatic heterocycles. The topological polar surface area (TPSA) is 83.6 Å². The van der Waals surface area contributed by atoms with Crippen LogP contribution in [0.15, 0.2) is 46.6 Å². The molecule has 2 N–H and O–H groups in total. The normalized spacial score (nSPS) is 11.4. The molecule has 0 bridgehead atoms. The van der Waals surface area contributed by atoms with Gasteiger partial charge in [-0.05, 0) is 43.0 Å². The summed E-state index contributed by atoms with van der Waals surface area (Å²) in [4.78, 5) is 32.6. The monoisotopic (exact) mass is 419 g/mol. The maximum Gasteiger partial charge on any atom is 0.258 e. The molecule has 1 aromatic carbocycles. The van der Waals surface area contributed by atoms with E-state index in [9.17, 15) is 4.79 Å². The number of anilines is 1. The fourth-order valence-corrected chi connectivity index (χ4v) is 4.97. The van der Waals surface area contributed by atoms with Crippen molar-refractivity contribution in [1.29, 1.82) is 0 Å². The second-order valence-electron chi connectivity index (χ2n) is 6.72. The van der Waals surface area contributed by atoms with Gasteiger partial charge in [-0.2, -0.15) is 0 Å². The Labute approximate surface area is 174 Å². The summed E-state index contributed by atoms with van der Waals surface area (Å²) in [5.74, 6) is 2.04. The number of nitrogens with one attached hydrogen (secondary N) is 2. The smallest absolute Gasteiger partial charge is 0.258 e. The van der Waals surface area contributed by atoms with Crippen molar-refractivity contribution in [3.05, 3.63) is 68.4 Å². The number of aromatic amines is 1. The summed E-state index contributed by atoms with van der Waals surface area (Å²) in [7, 11) is 0. The van der Waals surface area contributed by atoms with E-state index >= 15 is 0 Å². The van der Waals surface area contributed by atoms with E-state index in [1.807, 2.05) is 35.7 Å². The molecule has 0 atom stereocenters. The lowest BCUT2D eigenvalue weighted by Gasteiger charge is -2.09. The SMILES string of the molecule is Cc1sc2nc(-c3cccs3)nc(NCc3nc4ccccc4c(=O)[nH]3)c2c1C. The Hall–Kier alpha value is -3.10. The minimum Gasteiger partial charge on any atom is -0.362 e. The number of H-pyrrole nitrogens is 1. The van der Waals surface area contributed by atoms with Gasteiger partial charge in [-0.15, -0.1) is 22.7 Å². The Morgan fingerprint density at radius 1 is 1.07 bits per heavy atom. The van der Waals surface area contributed by atoms with Gasteiger partial charge in [0.2, 0.25) is 0 Å². The molecule has 0 fully saturated rings. The van der Waals surface area contributed by atoms with Crippen molar-refractivity contribution in [2.24, 2.45) is 0 Å². The summed E-state index contributed by atoms with van der Waals surface area (Å²) in [6.07, 6.45) is 0. The number of aromatic nitrogens is 4. The fraction of sp³-hybridized carbons (Fsp3) is 0.143. The third kappa shape index (κ3) is 3.20. The molecular weight excluding hydrogens is 402 g/mol. The molecule has 0 radical (unpaired) electrons. The summed E-state index contributed by atoms with van der Waals surface area (Å²) in [6.45, 7) is 4.55. The van der Waals surface area contributed by atoms with Crippen LogP contribution in [0.25, 0.3) is 31.8 Å². The lowest BCUT2D eigenvalue weighted by atomic mass is 10.2. The second-order valence-corrected chi connectivity index (χ2v) is 8.87. The van der Waals surface area contributed by atoms with Crippen LogP contribution in [-0.4, -0.2) is 19.9 Å². The number of nitrogens with zero attached hydrogens (tertiary/aromatic N) is 3. The van der Waals surface area contributed by atoms with Gasteiger partial charge in [-0.3, -0.25) is 4.79 Å². The number of fused-ring (bicyclic) bond motifs is 2. The molecule has 0 aliphatic carbocycles. The molecule has 29 heavy (non-hydrogen) atoms. The van der Waals surface area contributed by atoms with E-state index in [2.05, 4.69) is 29.1 Å². The summed E-state index contributed by atoms with van der Waals surface area (Å²) < 4.78 is 0. The zero-order valence-electron chi connectivity index (χ0n) is 15.8. The van der Waals surface area contributed by atoms with Crippen LogP contribution in [0.5, 0.6) is 0 Å². The first-order valence-corrected chi connectivity index (χ1v) is 10.8. The van der Waals surface area contributed by atoms with Crippen molar-refractivity contribution in [2.75, 3.05) is 5.32 Å². The summed E-state index contributed by atoms with van der Waals surface area (Å²) >= 11 is 3.28. The van der Waals surface area contributed by atoms with E-state index in [1.165, 1.54) is 10.4 Å². The van der Waals surface area contributed by atoms with Crippen LogP contribution in [0.4, 0.5) is 5.82 Å². The van der Waals surface area contributed by atoms with E-state index in [4.69, 9.17) is 9.97 Å². The van der Waals surface area contributed by atoms with Crippen molar-refractivity contribution in [3.8, 4) is 10.7 Å². The number of benzene rings is 1. The van der Waals surface area contributed by atoms with Crippen LogP contribution in [0.3, 0.4) is 0 Å². The van der Waals surface area contributed by atoms with Crippen molar-refractivity contribution in [2.45, 2.75) is 20.4 Å². The van der Waals surface area contributed by atoms with Gasteiger partial charge in [0.05, 0.1) is 27.7 Å². The van der Waals surface area contributed by atoms with Crippen molar-refractivity contribution in [1.82, 2.24) is 19.9 Å². The number of aryl methyl sites for hydroxylation is 2. The summed E-state index contributed by atoms with van der Waals surface area (Å²) in [5.41, 5.74) is 1.72. The van der Waals surface area contributed by atoms with Gasteiger partial charge < -0.3 is 10.3 Å². The summed E-state index contributed by atoms with van der Waals surface area (Å²) in [5, 5.41) is 7.01. The van der Waals surface area contributed by atoms with Gasteiger partial charge in [-0.1, -0.05) is 18.2 Å². The van der Waals surface area contributed by atoms with Crippen LogP contribution in [0.2, 0.25) is 0 Å². The Kier molecular flexibility index (Phi) is 4.37. The highest BCUT2D eigenvalue weighted by Gasteiger charge is 2.16. The number of para-hydroxylation sites is 1. The van der Waals surface area contributed by atoms with E-state index in [-0.39, 0.29) is 5.56 Å². The van der Waals surface area contributed by atoms with Crippen LogP contribution < -0.4 is 10.9 Å². The highest BCUT2D eigenvalue weighted by atomic mass is 32.1. The second kappa shape index (κ2) is 7.06. The van der Waals surface area contributed by atoms with Gasteiger partial charge in [0.1, 0.15) is 16.5 Å². The molecule has 0 amide bonds. The highest BCUT2D eigenvalue weighted by Crippen LogP contribution is 2.35. The van der Waals surface area contributed by atoms with Gasteiger partial charge in [0, 0.05) is 4.88 Å². The molecule has 0 saturated carbocycles. The number of hydrogen-bond donors (Lipinski definition) is 2. The molecule has 6 nitrogen and oxygen atoms in total. The van der Waals surface area contributed by atoms with E-state index in [1.54, 1.807) is 28.7 Å². The molecule has 0 aliphatic heterocycles. The zero-order valence-corrected chi connectivity index (χ0v) is 17.4. The minimum atomic E-state index is -0.137. The molecule has 0 saturated heterocycles. The van der Waals surface area contributed by atoms with Gasteiger partial charge >= 0.3 is 0 Å². The molecule has 144 valence electrons. The van der Waals surface area contributed by atoms with Gasteiger partial charge in [-0.25, -0.2) is 15.0 Å². The number of rotatable bonds is 4. The Morgan fingerprint density at radius 3 is 2.76 bits per heavy atom. The lowest BCUT2D eigenvalue weighted by molar-refractivity contribution is 0.947. The average Bonchev–Trinajstić information content (AvgIpc) is 3.35. The first-order chi connectivity index (χ1) is 14.1. The van der Waals surface area contributed by atoms with Crippen LogP contribution in [0.1, 0.15) is 16.3 Å². The first kappa shape index (κ1) is 18.0. The lowest BCUT2D eigenvalue weighted by Crippen LogP contribution is -2.15. The van der Waals surface area contributed by atoms with Crippen molar-refractivity contribution < 1.29 is 0 Å². The maximum atomic E-state index is 12.3. The molecule has 8 heteroatoms. The summed E-state index contributed by atoms with van der Waals surface area (Å²) in [6, 6.07) is 11.4. The van der Waals surface area contributed by atoms with E-state index < -0.39 is 0 Å². The molecule has 5 aromatic rings. The number of thiophene rings is 2. The first-order valence-electron chi connectivity index (χ1n) is 9.13. The molecule has 0 spiro atoms. The number of hydrogen-bond acceptors (Lipinski definition) is 7. The van der Waals surface area contributed by atoms with E-state index in [0.29, 0.717) is 29.1 Å². The van der Waals surface area contributed by atoms with Crippen LogP contribution in [-0.2, 0) is 6.54 Å². The molecule has 4 heterocycles. The quantitative estimate of drug-likeness (QED) is 0.433. The van der Waals surface area contributed by atoms with Crippen molar-refractivity contribution in [3.63, 3.8) is 0 Å². The fourth-order valence-electron chi connectivity index (χ4n) is 3.28. The third-order valence-corrected chi connectivity index (χ3v) is 6.82. The Morgan fingerprint density at radius 2 is 1.93 bits per heavy atom. The predicted octanol–water partition coefficient (Wildman–Crippen LogP) is 4.89. The van der Waals surface area contributed by atoms with E-state index in [0.717, 1.165) is 20.9 Å². The predicted molar refractivity (Wildman–Crippen MR) is 120 cm³/mol. The van der Waals surface area contributed by atoms with Gasteiger partial charge in [0.15, 0.2) is 5.82 Å². The zero-order chi connectivity index (χ0) is 20.0. The third-order valence-electron chi connectivity index (χ3n) is 4.86. The minimum absolute atomic E-state index is 0.137. The maximum absolute atomic E-state index is 12.3.